The zero-order chi connectivity index (χ0) is 13.0. The Balaban J connectivity index is 2.40. The van der Waals surface area contributed by atoms with E-state index in [1.807, 2.05) is 0 Å². The van der Waals surface area contributed by atoms with Gasteiger partial charge in [0.15, 0.2) is 0 Å². The van der Waals surface area contributed by atoms with Crippen LogP contribution in [0.1, 0.15) is 47.0 Å². The van der Waals surface area contributed by atoms with E-state index in [0.717, 1.165) is 25.8 Å². The van der Waals surface area contributed by atoms with Gasteiger partial charge in [0.1, 0.15) is 0 Å². The zero-order valence-electron chi connectivity index (χ0n) is 11.7. The number of hydrogen-bond acceptors (Lipinski definition) is 2. The van der Waals surface area contributed by atoms with E-state index in [1.54, 1.807) is 0 Å². The molecule has 0 radical (unpaired) electrons. The van der Waals surface area contributed by atoms with Crippen LogP contribution in [0.4, 0.5) is 0 Å². The Kier molecular flexibility index (Phi) is 5.44. The standard InChI is InChI=1S/C14H28N2O/c1-9(2)5-6-16-14(17)12-8-13(15)11(4)7-10(12)3/h9-13H,5-8,15H2,1-4H3,(H,16,17). The first-order valence-electron chi connectivity index (χ1n) is 6.95. The molecule has 1 amide bonds. The summed E-state index contributed by atoms with van der Waals surface area (Å²) in [5, 5.41) is 3.06. The summed E-state index contributed by atoms with van der Waals surface area (Å²) in [6.07, 6.45) is 2.97. The van der Waals surface area contributed by atoms with E-state index >= 15 is 0 Å². The molecule has 4 unspecified atom stereocenters. The zero-order valence-corrected chi connectivity index (χ0v) is 11.7. The molecule has 0 heterocycles. The second kappa shape index (κ2) is 6.39. The molecule has 0 aromatic carbocycles. The molecule has 1 rings (SSSR count). The number of amides is 1. The maximum Gasteiger partial charge on any atom is 0.223 e. The van der Waals surface area contributed by atoms with Gasteiger partial charge in [-0.3, -0.25) is 4.79 Å². The molecule has 3 N–H and O–H groups in total. The van der Waals surface area contributed by atoms with E-state index in [1.165, 1.54) is 0 Å². The van der Waals surface area contributed by atoms with Crippen LogP contribution in [0, 0.1) is 23.7 Å². The van der Waals surface area contributed by atoms with Crippen molar-refractivity contribution in [3.05, 3.63) is 0 Å². The Hall–Kier alpha value is -0.570. The maximum atomic E-state index is 12.1. The van der Waals surface area contributed by atoms with Crippen molar-refractivity contribution in [2.75, 3.05) is 6.54 Å². The van der Waals surface area contributed by atoms with Gasteiger partial charge in [-0.25, -0.2) is 0 Å². The van der Waals surface area contributed by atoms with E-state index in [-0.39, 0.29) is 17.9 Å². The number of hydrogen-bond donors (Lipinski definition) is 2. The van der Waals surface area contributed by atoms with Crippen LogP contribution in [-0.4, -0.2) is 18.5 Å². The Labute approximate surface area is 106 Å². The van der Waals surface area contributed by atoms with Crippen LogP contribution in [0.2, 0.25) is 0 Å². The highest BCUT2D eigenvalue weighted by Crippen LogP contribution is 2.32. The summed E-state index contributed by atoms with van der Waals surface area (Å²) in [5.74, 6) is 1.98. The molecule has 3 heteroatoms. The van der Waals surface area contributed by atoms with Crippen LogP contribution in [-0.2, 0) is 4.79 Å². The molecular weight excluding hydrogens is 212 g/mol. The van der Waals surface area contributed by atoms with E-state index in [4.69, 9.17) is 5.73 Å². The third-order valence-corrected chi connectivity index (χ3v) is 4.05. The Morgan fingerprint density at radius 1 is 1.29 bits per heavy atom. The molecule has 0 spiro atoms. The second-order valence-electron chi connectivity index (χ2n) is 6.17. The van der Waals surface area contributed by atoms with Gasteiger partial charge in [-0.05, 0) is 37.0 Å². The fraction of sp³-hybridized carbons (Fsp3) is 0.929. The summed E-state index contributed by atoms with van der Waals surface area (Å²) < 4.78 is 0. The molecule has 0 saturated heterocycles. The van der Waals surface area contributed by atoms with Crippen LogP contribution in [0.3, 0.4) is 0 Å². The van der Waals surface area contributed by atoms with Crippen LogP contribution in [0.25, 0.3) is 0 Å². The third kappa shape index (κ3) is 4.30. The van der Waals surface area contributed by atoms with Crippen LogP contribution in [0.5, 0.6) is 0 Å². The van der Waals surface area contributed by atoms with Crippen LogP contribution in [0.15, 0.2) is 0 Å². The molecule has 1 saturated carbocycles. The summed E-state index contributed by atoms with van der Waals surface area (Å²) in [5.41, 5.74) is 6.07. The van der Waals surface area contributed by atoms with Crippen molar-refractivity contribution in [3.63, 3.8) is 0 Å². The van der Waals surface area contributed by atoms with Crippen molar-refractivity contribution in [2.24, 2.45) is 29.4 Å². The predicted octanol–water partition coefficient (Wildman–Crippen LogP) is 2.16. The lowest BCUT2D eigenvalue weighted by Crippen LogP contribution is -2.45. The minimum atomic E-state index is 0.119. The molecule has 0 aromatic heterocycles. The summed E-state index contributed by atoms with van der Waals surface area (Å²) in [4.78, 5) is 12.1. The number of nitrogens with two attached hydrogens (primary N) is 1. The maximum absolute atomic E-state index is 12.1. The third-order valence-electron chi connectivity index (χ3n) is 4.05. The van der Waals surface area contributed by atoms with E-state index in [9.17, 15) is 4.79 Å². The van der Waals surface area contributed by atoms with Crippen molar-refractivity contribution in [3.8, 4) is 0 Å². The minimum absolute atomic E-state index is 0.119. The number of rotatable bonds is 4. The van der Waals surface area contributed by atoms with Crippen LogP contribution >= 0.6 is 0 Å². The van der Waals surface area contributed by atoms with Gasteiger partial charge in [-0.1, -0.05) is 27.7 Å². The fourth-order valence-corrected chi connectivity index (χ4v) is 2.66. The molecule has 100 valence electrons. The molecule has 4 atom stereocenters. The lowest BCUT2D eigenvalue weighted by molar-refractivity contribution is -0.128. The summed E-state index contributed by atoms with van der Waals surface area (Å²) in [7, 11) is 0. The van der Waals surface area contributed by atoms with Crippen molar-refractivity contribution >= 4 is 5.91 Å². The van der Waals surface area contributed by atoms with Gasteiger partial charge in [0, 0.05) is 18.5 Å². The van der Waals surface area contributed by atoms with Gasteiger partial charge in [0.05, 0.1) is 0 Å². The molecule has 1 aliphatic rings. The highest BCUT2D eigenvalue weighted by atomic mass is 16.1. The number of carbonyl (C=O) groups is 1. The molecule has 0 aromatic rings. The van der Waals surface area contributed by atoms with Gasteiger partial charge in [0.2, 0.25) is 5.91 Å². The lowest BCUT2D eigenvalue weighted by atomic mass is 9.72. The fourth-order valence-electron chi connectivity index (χ4n) is 2.66. The molecule has 0 bridgehead atoms. The molecule has 3 nitrogen and oxygen atoms in total. The molecule has 17 heavy (non-hydrogen) atoms. The predicted molar refractivity (Wildman–Crippen MR) is 71.5 cm³/mol. The number of carbonyl (C=O) groups excluding carboxylic acids is 1. The number of nitrogens with one attached hydrogen (secondary N) is 1. The van der Waals surface area contributed by atoms with Crippen molar-refractivity contribution in [1.82, 2.24) is 5.32 Å². The van der Waals surface area contributed by atoms with E-state index in [0.29, 0.717) is 17.8 Å². The summed E-state index contributed by atoms with van der Waals surface area (Å²) >= 11 is 0. The van der Waals surface area contributed by atoms with Gasteiger partial charge >= 0.3 is 0 Å². The SMILES string of the molecule is CC(C)CCNC(=O)C1CC(N)C(C)CC1C. The van der Waals surface area contributed by atoms with Gasteiger partial charge in [-0.2, -0.15) is 0 Å². The average Bonchev–Trinajstić information content (AvgIpc) is 2.22. The Morgan fingerprint density at radius 3 is 2.53 bits per heavy atom. The minimum Gasteiger partial charge on any atom is -0.356 e. The molecule has 0 aliphatic heterocycles. The van der Waals surface area contributed by atoms with Crippen molar-refractivity contribution < 1.29 is 4.79 Å². The topological polar surface area (TPSA) is 55.1 Å². The normalized spacial score (nSPS) is 33.8. The lowest BCUT2D eigenvalue weighted by Gasteiger charge is -2.36. The van der Waals surface area contributed by atoms with Gasteiger partial charge in [0.25, 0.3) is 0 Å². The highest BCUT2D eigenvalue weighted by molar-refractivity contribution is 5.79. The second-order valence-corrected chi connectivity index (χ2v) is 6.17. The van der Waals surface area contributed by atoms with Gasteiger partial charge < -0.3 is 11.1 Å². The van der Waals surface area contributed by atoms with Gasteiger partial charge in [-0.15, -0.1) is 0 Å². The average molecular weight is 240 g/mol. The largest absolute Gasteiger partial charge is 0.356 e. The Bertz CT molecular complexity index is 253. The van der Waals surface area contributed by atoms with E-state index < -0.39 is 0 Å². The summed E-state index contributed by atoms with van der Waals surface area (Å²) in [6, 6.07) is 0.187. The first-order valence-corrected chi connectivity index (χ1v) is 6.95. The Morgan fingerprint density at radius 2 is 1.94 bits per heavy atom. The smallest absolute Gasteiger partial charge is 0.223 e. The quantitative estimate of drug-likeness (QED) is 0.791. The molecule has 1 fully saturated rings. The first kappa shape index (κ1) is 14.5. The highest BCUT2D eigenvalue weighted by Gasteiger charge is 2.34. The van der Waals surface area contributed by atoms with E-state index in [2.05, 4.69) is 33.0 Å². The molecule has 1 aliphatic carbocycles. The van der Waals surface area contributed by atoms with Crippen molar-refractivity contribution in [1.29, 1.82) is 0 Å². The molecular formula is C14H28N2O. The first-order chi connectivity index (χ1) is 7.91. The monoisotopic (exact) mass is 240 g/mol. The van der Waals surface area contributed by atoms with Crippen molar-refractivity contribution in [2.45, 2.75) is 53.0 Å². The van der Waals surface area contributed by atoms with Crippen LogP contribution < -0.4 is 11.1 Å². The summed E-state index contributed by atoms with van der Waals surface area (Å²) in [6.45, 7) is 9.51.